The Kier molecular flexibility index (Phi) is 5.49. The molecule has 2 aliphatic heterocycles. The molecule has 1 aromatic rings. The molecule has 0 saturated carbocycles. The average Bonchev–Trinajstić information content (AvgIpc) is 2.72. The van der Waals surface area contributed by atoms with E-state index in [0.29, 0.717) is 25.6 Å². The number of sulfonamides is 1. The SMILES string of the molecule is Cl.O=S(=O)(c1cc(F)c(Br)cc1F)N1CCC2CCC(C1)N2. The van der Waals surface area contributed by atoms with Crippen LogP contribution in [-0.4, -0.2) is 37.9 Å². The van der Waals surface area contributed by atoms with E-state index in [0.717, 1.165) is 25.0 Å². The molecule has 2 atom stereocenters. The Morgan fingerprint density at radius 3 is 2.55 bits per heavy atom. The maximum atomic E-state index is 14.0. The Bertz CT molecular complexity index is 674. The van der Waals surface area contributed by atoms with Crippen LogP contribution in [0.3, 0.4) is 0 Å². The van der Waals surface area contributed by atoms with Gasteiger partial charge in [0.2, 0.25) is 10.0 Å². The molecule has 2 fully saturated rings. The van der Waals surface area contributed by atoms with E-state index >= 15 is 0 Å². The van der Waals surface area contributed by atoms with Gasteiger partial charge in [-0.05, 0) is 47.3 Å². The lowest BCUT2D eigenvalue weighted by Gasteiger charge is -2.24. The molecule has 1 aromatic carbocycles. The molecule has 22 heavy (non-hydrogen) atoms. The van der Waals surface area contributed by atoms with Gasteiger partial charge in [-0.3, -0.25) is 0 Å². The number of benzene rings is 1. The van der Waals surface area contributed by atoms with Gasteiger partial charge in [0.25, 0.3) is 0 Å². The third-order valence-electron chi connectivity index (χ3n) is 4.08. The molecule has 2 aliphatic rings. The summed E-state index contributed by atoms with van der Waals surface area (Å²) < 4.78 is 53.9. The van der Waals surface area contributed by atoms with Crippen molar-refractivity contribution in [2.24, 2.45) is 0 Å². The van der Waals surface area contributed by atoms with Crippen molar-refractivity contribution in [3.63, 3.8) is 0 Å². The Labute approximate surface area is 142 Å². The largest absolute Gasteiger partial charge is 0.310 e. The number of rotatable bonds is 2. The minimum absolute atomic E-state index is 0. The second-order valence-electron chi connectivity index (χ2n) is 5.49. The second-order valence-corrected chi connectivity index (χ2v) is 8.25. The van der Waals surface area contributed by atoms with Crippen LogP contribution in [0.25, 0.3) is 0 Å². The standard InChI is InChI=1S/C13H15BrF2N2O2S.ClH/c14-10-5-12(16)13(6-11(10)15)21(19,20)18-4-3-8-1-2-9(7-18)17-8;/h5-6,8-9,17H,1-4,7H2;1H. The van der Waals surface area contributed by atoms with E-state index in [9.17, 15) is 17.2 Å². The number of hydrogen-bond acceptors (Lipinski definition) is 3. The fourth-order valence-electron chi connectivity index (χ4n) is 2.97. The van der Waals surface area contributed by atoms with Crippen molar-refractivity contribution in [3.8, 4) is 0 Å². The summed E-state index contributed by atoms with van der Waals surface area (Å²) in [5.41, 5.74) is 0. The van der Waals surface area contributed by atoms with Gasteiger partial charge in [0, 0.05) is 25.2 Å². The molecule has 124 valence electrons. The first-order chi connectivity index (χ1) is 9.88. The minimum Gasteiger partial charge on any atom is -0.310 e. The summed E-state index contributed by atoms with van der Waals surface area (Å²) in [6, 6.07) is 2.01. The first-order valence-corrected chi connectivity index (χ1v) is 9.02. The highest BCUT2D eigenvalue weighted by Crippen LogP contribution is 2.28. The molecule has 2 heterocycles. The third-order valence-corrected chi connectivity index (χ3v) is 6.57. The van der Waals surface area contributed by atoms with Crippen LogP contribution in [0.2, 0.25) is 0 Å². The van der Waals surface area contributed by atoms with Gasteiger partial charge in [-0.1, -0.05) is 0 Å². The predicted molar refractivity (Wildman–Crippen MR) is 84.6 cm³/mol. The highest BCUT2D eigenvalue weighted by Gasteiger charge is 2.36. The molecular weight excluding hydrogens is 402 g/mol. The molecule has 0 aliphatic carbocycles. The van der Waals surface area contributed by atoms with Crippen LogP contribution in [0.1, 0.15) is 19.3 Å². The molecule has 3 rings (SSSR count). The number of nitrogens with one attached hydrogen (secondary N) is 1. The molecule has 0 radical (unpaired) electrons. The summed E-state index contributed by atoms with van der Waals surface area (Å²) in [4.78, 5) is -0.596. The van der Waals surface area contributed by atoms with Crippen molar-refractivity contribution in [1.29, 1.82) is 0 Å². The van der Waals surface area contributed by atoms with E-state index in [1.807, 2.05) is 0 Å². The maximum absolute atomic E-state index is 14.0. The summed E-state index contributed by atoms with van der Waals surface area (Å²) in [5.74, 6) is -1.73. The van der Waals surface area contributed by atoms with Crippen LogP contribution >= 0.6 is 28.3 Å². The van der Waals surface area contributed by atoms with E-state index in [4.69, 9.17) is 0 Å². The zero-order valence-corrected chi connectivity index (χ0v) is 14.8. The van der Waals surface area contributed by atoms with Gasteiger partial charge in [-0.15, -0.1) is 12.4 Å². The molecule has 2 saturated heterocycles. The normalized spacial score (nSPS) is 25.6. The lowest BCUT2D eigenvalue weighted by molar-refractivity contribution is 0.380. The molecule has 2 bridgehead atoms. The fraction of sp³-hybridized carbons (Fsp3) is 0.538. The predicted octanol–water partition coefficient (Wildman–Crippen LogP) is 2.66. The zero-order valence-electron chi connectivity index (χ0n) is 11.6. The number of fused-ring (bicyclic) bond motifs is 2. The quantitative estimate of drug-likeness (QED) is 0.753. The number of halogens is 4. The van der Waals surface area contributed by atoms with Crippen LogP contribution in [-0.2, 0) is 10.0 Å². The van der Waals surface area contributed by atoms with Crippen LogP contribution in [0, 0.1) is 11.6 Å². The summed E-state index contributed by atoms with van der Waals surface area (Å²) in [6.07, 6.45) is 2.64. The molecular formula is C13H16BrClF2N2O2S. The molecule has 0 spiro atoms. The first kappa shape index (κ1) is 18.1. The van der Waals surface area contributed by atoms with Crippen molar-refractivity contribution in [2.45, 2.75) is 36.2 Å². The number of nitrogens with zero attached hydrogens (tertiary/aromatic N) is 1. The van der Waals surface area contributed by atoms with Crippen LogP contribution in [0.15, 0.2) is 21.5 Å². The van der Waals surface area contributed by atoms with Gasteiger partial charge in [0.15, 0.2) is 0 Å². The topological polar surface area (TPSA) is 49.4 Å². The van der Waals surface area contributed by atoms with E-state index in [1.54, 1.807) is 0 Å². The lowest BCUT2D eigenvalue weighted by Crippen LogP contribution is -2.39. The molecule has 1 N–H and O–H groups in total. The monoisotopic (exact) mass is 416 g/mol. The Morgan fingerprint density at radius 1 is 1.14 bits per heavy atom. The second kappa shape index (κ2) is 6.68. The third kappa shape index (κ3) is 3.31. The fourth-order valence-corrected chi connectivity index (χ4v) is 4.84. The molecule has 4 nitrogen and oxygen atoms in total. The van der Waals surface area contributed by atoms with Gasteiger partial charge >= 0.3 is 0 Å². The van der Waals surface area contributed by atoms with Crippen LogP contribution in [0.4, 0.5) is 8.78 Å². The van der Waals surface area contributed by atoms with Crippen molar-refractivity contribution >= 4 is 38.4 Å². The van der Waals surface area contributed by atoms with Gasteiger partial charge < -0.3 is 5.32 Å². The highest BCUT2D eigenvalue weighted by atomic mass is 79.9. The molecule has 0 amide bonds. The zero-order chi connectivity index (χ0) is 15.2. The first-order valence-electron chi connectivity index (χ1n) is 6.78. The molecule has 2 unspecified atom stereocenters. The van der Waals surface area contributed by atoms with E-state index < -0.39 is 26.6 Å². The lowest BCUT2D eigenvalue weighted by atomic mass is 10.1. The van der Waals surface area contributed by atoms with Gasteiger partial charge in [-0.2, -0.15) is 4.31 Å². The smallest absolute Gasteiger partial charge is 0.246 e. The Balaban J connectivity index is 0.00000176. The van der Waals surface area contributed by atoms with Crippen molar-refractivity contribution in [1.82, 2.24) is 9.62 Å². The summed E-state index contributed by atoms with van der Waals surface area (Å²) in [6.45, 7) is 0.629. The average molecular weight is 418 g/mol. The Hall–Kier alpha value is -0.280. The highest BCUT2D eigenvalue weighted by molar-refractivity contribution is 9.10. The summed E-state index contributed by atoms with van der Waals surface area (Å²) in [5, 5.41) is 3.36. The minimum atomic E-state index is -4.02. The molecule has 9 heteroatoms. The summed E-state index contributed by atoms with van der Waals surface area (Å²) >= 11 is 2.85. The number of hydrogen-bond donors (Lipinski definition) is 1. The van der Waals surface area contributed by atoms with Crippen LogP contribution < -0.4 is 5.32 Å². The van der Waals surface area contributed by atoms with Crippen molar-refractivity contribution in [2.75, 3.05) is 13.1 Å². The molecule has 0 aromatic heterocycles. The van der Waals surface area contributed by atoms with Gasteiger partial charge in [0.05, 0.1) is 4.47 Å². The van der Waals surface area contributed by atoms with Crippen molar-refractivity contribution in [3.05, 3.63) is 28.2 Å². The van der Waals surface area contributed by atoms with Gasteiger partial charge in [-0.25, -0.2) is 17.2 Å². The van der Waals surface area contributed by atoms with E-state index in [1.165, 1.54) is 4.31 Å². The van der Waals surface area contributed by atoms with Crippen LogP contribution in [0.5, 0.6) is 0 Å². The van der Waals surface area contributed by atoms with E-state index in [2.05, 4.69) is 21.2 Å². The van der Waals surface area contributed by atoms with E-state index in [-0.39, 0.29) is 22.9 Å². The van der Waals surface area contributed by atoms with Crippen molar-refractivity contribution < 1.29 is 17.2 Å². The Morgan fingerprint density at radius 2 is 1.82 bits per heavy atom. The summed E-state index contributed by atoms with van der Waals surface area (Å²) in [7, 11) is -4.02. The van der Waals surface area contributed by atoms with Gasteiger partial charge in [0.1, 0.15) is 16.5 Å². The maximum Gasteiger partial charge on any atom is 0.246 e.